The van der Waals surface area contributed by atoms with Crippen molar-refractivity contribution in [3.63, 3.8) is 0 Å². The summed E-state index contributed by atoms with van der Waals surface area (Å²) in [7, 11) is 1.60. The Morgan fingerprint density at radius 1 is 1.27 bits per heavy atom. The lowest BCUT2D eigenvalue weighted by Gasteiger charge is -2.32. The third-order valence-electron chi connectivity index (χ3n) is 5.50. The van der Waals surface area contributed by atoms with E-state index in [1.165, 1.54) is 24.7 Å². The van der Waals surface area contributed by atoms with Crippen molar-refractivity contribution in [1.82, 2.24) is 24.5 Å². The second-order valence-electron chi connectivity index (χ2n) is 7.67. The fourth-order valence-electron chi connectivity index (χ4n) is 3.95. The Hall–Kier alpha value is -3.18. The van der Waals surface area contributed by atoms with Gasteiger partial charge in [-0.25, -0.2) is 9.50 Å². The number of nitriles is 1. The van der Waals surface area contributed by atoms with E-state index in [-0.39, 0.29) is 0 Å². The Morgan fingerprint density at radius 2 is 2.20 bits per heavy atom. The van der Waals surface area contributed by atoms with Gasteiger partial charge in [-0.05, 0) is 56.5 Å². The van der Waals surface area contributed by atoms with Crippen LogP contribution >= 0.6 is 0 Å². The van der Waals surface area contributed by atoms with E-state index in [9.17, 15) is 0 Å². The number of methoxy groups -OCH3 is 1. The molecular weight excluding hydrogens is 380 g/mol. The predicted octanol–water partition coefficient (Wildman–Crippen LogP) is 2.73. The molecule has 0 N–H and O–H groups in total. The molecule has 3 aromatic rings. The van der Waals surface area contributed by atoms with E-state index in [0.717, 1.165) is 32.5 Å². The zero-order valence-corrected chi connectivity index (χ0v) is 17.2. The van der Waals surface area contributed by atoms with Gasteiger partial charge in [0.25, 0.3) is 5.78 Å². The summed E-state index contributed by atoms with van der Waals surface area (Å²) in [5.41, 5.74) is 1.75. The van der Waals surface area contributed by atoms with Crippen LogP contribution in [-0.2, 0) is 6.42 Å². The molecule has 3 heterocycles. The minimum Gasteiger partial charge on any atom is -0.493 e. The number of fused-ring (bicyclic) bond motifs is 1. The summed E-state index contributed by atoms with van der Waals surface area (Å²) in [5.74, 6) is 2.44. The lowest BCUT2D eigenvalue weighted by Crippen LogP contribution is -2.38. The molecule has 1 aliphatic rings. The van der Waals surface area contributed by atoms with Gasteiger partial charge in [0.1, 0.15) is 6.33 Å². The second-order valence-corrected chi connectivity index (χ2v) is 7.67. The largest absolute Gasteiger partial charge is 0.493 e. The van der Waals surface area contributed by atoms with E-state index in [0.29, 0.717) is 35.4 Å². The Balaban J connectivity index is 1.24. The number of piperidine rings is 1. The van der Waals surface area contributed by atoms with Gasteiger partial charge < -0.3 is 14.4 Å². The molecule has 8 heteroatoms. The van der Waals surface area contributed by atoms with Gasteiger partial charge >= 0.3 is 0 Å². The molecule has 0 radical (unpaired) electrons. The van der Waals surface area contributed by atoms with Crippen LogP contribution in [0.25, 0.3) is 5.78 Å². The summed E-state index contributed by atoms with van der Waals surface area (Å²) in [6, 6.07) is 7.42. The van der Waals surface area contributed by atoms with Crippen LogP contribution in [-0.4, -0.2) is 57.8 Å². The van der Waals surface area contributed by atoms with Gasteiger partial charge in [-0.2, -0.15) is 15.3 Å². The smallest absolute Gasteiger partial charge is 0.252 e. The number of benzene rings is 1. The molecule has 2 aromatic heterocycles. The van der Waals surface area contributed by atoms with Crippen molar-refractivity contribution < 1.29 is 9.47 Å². The third-order valence-corrected chi connectivity index (χ3v) is 5.50. The summed E-state index contributed by atoms with van der Waals surface area (Å²) in [5, 5.41) is 13.2. The van der Waals surface area contributed by atoms with Gasteiger partial charge in [-0.15, -0.1) is 0 Å². The lowest BCUT2D eigenvalue weighted by molar-refractivity contribution is 0.127. The van der Waals surface area contributed by atoms with Crippen LogP contribution in [0.3, 0.4) is 0 Å². The van der Waals surface area contributed by atoms with Gasteiger partial charge in [-0.1, -0.05) is 0 Å². The minimum absolute atomic E-state index is 0.493. The Labute approximate surface area is 176 Å². The number of aryl methyl sites for hydroxylation is 1. The van der Waals surface area contributed by atoms with Crippen LogP contribution in [0, 0.1) is 17.2 Å². The average molecular weight is 406 g/mol. The monoisotopic (exact) mass is 406 g/mol. The topological polar surface area (TPSA) is 88.6 Å². The van der Waals surface area contributed by atoms with Crippen molar-refractivity contribution in [2.45, 2.75) is 25.7 Å². The number of aromatic nitrogens is 4. The van der Waals surface area contributed by atoms with Crippen LogP contribution in [0.2, 0.25) is 0 Å². The maximum absolute atomic E-state index is 9.03. The van der Waals surface area contributed by atoms with Crippen molar-refractivity contribution in [1.29, 1.82) is 5.26 Å². The van der Waals surface area contributed by atoms with Crippen LogP contribution in [0.1, 0.15) is 30.4 Å². The van der Waals surface area contributed by atoms with Crippen molar-refractivity contribution in [2.75, 3.05) is 33.4 Å². The molecule has 1 saturated heterocycles. The van der Waals surface area contributed by atoms with Gasteiger partial charge in [-0.3, -0.25) is 0 Å². The second kappa shape index (κ2) is 9.55. The summed E-state index contributed by atoms with van der Waals surface area (Å²) in [6.45, 7) is 3.90. The molecule has 1 fully saturated rings. The number of hydrogen-bond acceptors (Lipinski definition) is 7. The maximum Gasteiger partial charge on any atom is 0.252 e. The number of rotatable bonds is 8. The number of likely N-dealkylation sites (tertiary alicyclic amines) is 1. The molecule has 1 atom stereocenters. The van der Waals surface area contributed by atoms with Crippen LogP contribution in [0.5, 0.6) is 11.5 Å². The fourth-order valence-corrected chi connectivity index (χ4v) is 3.95. The highest BCUT2D eigenvalue weighted by Crippen LogP contribution is 2.29. The zero-order chi connectivity index (χ0) is 20.8. The quantitative estimate of drug-likeness (QED) is 0.568. The number of ether oxygens (including phenoxy) is 2. The molecule has 1 unspecified atom stereocenters. The molecule has 8 nitrogen and oxygen atoms in total. The Bertz CT molecular complexity index is 1030. The average Bonchev–Trinajstić information content (AvgIpc) is 3.26. The molecule has 0 aliphatic carbocycles. The third kappa shape index (κ3) is 4.86. The van der Waals surface area contributed by atoms with Crippen LogP contribution < -0.4 is 9.47 Å². The first-order valence-electron chi connectivity index (χ1n) is 10.3. The first-order chi connectivity index (χ1) is 14.7. The molecule has 1 aliphatic heterocycles. The van der Waals surface area contributed by atoms with Gasteiger partial charge in [0, 0.05) is 30.9 Å². The van der Waals surface area contributed by atoms with Crippen molar-refractivity contribution in [2.24, 2.45) is 5.92 Å². The normalized spacial score (nSPS) is 17.0. The molecule has 0 spiro atoms. The molecule has 4 rings (SSSR count). The van der Waals surface area contributed by atoms with Crippen molar-refractivity contribution >= 4 is 5.78 Å². The lowest BCUT2D eigenvalue weighted by atomic mass is 9.98. The molecule has 30 heavy (non-hydrogen) atoms. The first kappa shape index (κ1) is 20.1. The minimum atomic E-state index is 0.493. The fraction of sp³-hybridized carbons (Fsp3) is 0.455. The molecule has 0 saturated carbocycles. The highest BCUT2D eigenvalue weighted by molar-refractivity contribution is 5.46. The first-order valence-corrected chi connectivity index (χ1v) is 10.3. The molecule has 156 valence electrons. The predicted molar refractivity (Wildman–Crippen MR) is 111 cm³/mol. The van der Waals surface area contributed by atoms with Crippen molar-refractivity contribution in [3.8, 4) is 17.6 Å². The van der Waals surface area contributed by atoms with E-state index in [1.807, 2.05) is 18.5 Å². The molecule has 0 bridgehead atoms. The van der Waals surface area contributed by atoms with Gasteiger partial charge in [0.05, 0.1) is 25.3 Å². The summed E-state index contributed by atoms with van der Waals surface area (Å²) < 4.78 is 13.1. The number of hydrogen-bond donors (Lipinski definition) is 0. The highest BCUT2D eigenvalue weighted by atomic mass is 16.5. The summed E-state index contributed by atoms with van der Waals surface area (Å²) in [4.78, 5) is 10.9. The van der Waals surface area contributed by atoms with Crippen LogP contribution in [0.4, 0.5) is 0 Å². The van der Waals surface area contributed by atoms with E-state index in [4.69, 9.17) is 14.7 Å². The zero-order valence-electron chi connectivity index (χ0n) is 17.2. The highest BCUT2D eigenvalue weighted by Gasteiger charge is 2.21. The molecule has 1 aromatic carbocycles. The Kier molecular flexibility index (Phi) is 6.40. The van der Waals surface area contributed by atoms with E-state index in [1.54, 1.807) is 23.8 Å². The SMILES string of the molecule is COc1cc(C#N)ccc1OCC1CCCN(CCCc2cnc3ncnn3c2)C1. The van der Waals surface area contributed by atoms with E-state index < -0.39 is 0 Å². The van der Waals surface area contributed by atoms with Crippen LogP contribution in [0.15, 0.2) is 36.9 Å². The maximum atomic E-state index is 9.03. The van der Waals surface area contributed by atoms with Gasteiger partial charge in [0.15, 0.2) is 11.5 Å². The van der Waals surface area contributed by atoms with E-state index >= 15 is 0 Å². The van der Waals surface area contributed by atoms with E-state index in [2.05, 4.69) is 26.0 Å². The standard InChI is InChI=1S/C22H26N6O2/c1-29-21-10-17(11-23)6-7-20(21)30-15-19-5-3-9-27(13-19)8-2-4-18-12-24-22-25-16-26-28(22)14-18/h6-7,10,12,14,16,19H,2-5,8-9,13,15H2,1H3. The number of nitrogens with zero attached hydrogens (tertiary/aromatic N) is 6. The Morgan fingerprint density at radius 3 is 3.07 bits per heavy atom. The van der Waals surface area contributed by atoms with Crippen molar-refractivity contribution in [3.05, 3.63) is 48.0 Å². The summed E-state index contributed by atoms with van der Waals surface area (Å²) >= 11 is 0. The van der Waals surface area contributed by atoms with Gasteiger partial charge in [0.2, 0.25) is 0 Å². The summed E-state index contributed by atoms with van der Waals surface area (Å²) in [6.07, 6.45) is 9.83. The molecule has 0 amide bonds. The molecular formula is C22H26N6O2.